The molecule has 4 fully saturated rings. The Morgan fingerprint density at radius 2 is 0.722 bits per heavy atom. The van der Waals surface area contributed by atoms with E-state index >= 15 is 0 Å². The number of allylic oxidation sites excluding steroid dienone is 14. The van der Waals surface area contributed by atoms with E-state index in [0.29, 0.717) is 88.9 Å². The number of halogens is 2. The largest absolute Gasteiger partial charge is 1.00 e. The van der Waals surface area contributed by atoms with Crippen molar-refractivity contribution in [3.05, 3.63) is 263 Å². The number of nitrogens with zero attached hydrogens (tertiary/aromatic N) is 2. The zero-order chi connectivity index (χ0) is 91.7. The van der Waals surface area contributed by atoms with Crippen molar-refractivity contribution in [3.8, 4) is 0 Å². The molecule has 0 bridgehead atoms. The molecule has 0 amide bonds. The fourth-order valence-corrected chi connectivity index (χ4v) is 16.6. The van der Waals surface area contributed by atoms with Gasteiger partial charge in [-0.1, -0.05) is 115 Å². The van der Waals surface area contributed by atoms with E-state index in [4.69, 9.17) is 53.2 Å². The van der Waals surface area contributed by atoms with Crippen molar-refractivity contribution < 1.29 is 137 Å². The highest BCUT2D eigenvalue weighted by Crippen LogP contribution is 2.54. The van der Waals surface area contributed by atoms with E-state index in [-0.39, 0.29) is 134 Å². The van der Waals surface area contributed by atoms with Gasteiger partial charge in [0.05, 0.1) is 91.9 Å². The third-order valence-electron chi connectivity index (χ3n) is 23.9. The third-order valence-corrected chi connectivity index (χ3v) is 23.9. The predicted molar refractivity (Wildman–Crippen MR) is 484 cm³/mol. The van der Waals surface area contributed by atoms with Crippen LogP contribution in [0.15, 0.2) is 252 Å². The Kier molecular flexibility index (Phi) is 41.3. The molecule has 2 aromatic carbocycles. The standard InChI is InChI=1S/C31H40NO4.C29H38NO4.C21H28O6.C21H26O6.BrH.HI/c1-8-18-32(6,7)26-15-13-25(14-16-26)30(34)35-27-17-12-24(5)31(20-27)21-29(33)36-28(31)19-23(4)11-9-10-22(2)3;1-20(2)9-8-10-21(3)17-26-29(19-27(31)34-26)18-25(16-11-22(29)4)33-28(32)23-12-14-24(15-13-23)30(5,6)7;2*1-14(5-4-6-17(12-22)13-23)9-19-21(11-20(25)27-19)10-18(26-16(3)24)8-7-15(21)2;;/h8,10,12-17,19,27-28H,1,5,9,11,18,20-21H2,2-4,6-7H3;9,11-17,25-26H,4,8,10,18-19H2,1-3,5-7H3;6-9,18-19,22-23H,2,4-5,10-13H2,1,3H3;6-9,12,18-19,23H,2,4-5,10-11,13H2,1,3H3;2*1H/q2*+1;;;;/p-2/b23-19+;21-17+;14-9+;14-9+,17-6-;;/t27-,28-,31?;25-,26-,29?;2*18-,19-,21?;;/m1111../s1. The summed E-state index contributed by atoms with van der Waals surface area (Å²) in [5, 5.41) is 27.2. The van der Waals surface area contributed by atoms with Crippen LogP contribution in [-0.2, 0) is 71.5 Å². The van der Waals surface area contributed by atoms with Gasteiger partial charge in [-0.2, -0.15) is 0 Å². The van der Waals surface area contributed by atoms with Gasteiger partial charge in [-0.25, -0.2) is 9.59 Å². The number of carbonyl (C=O) groups is 9. The average Bonchev–Trinajstić information content (AvgIpc) is 1.61. The Morgan fingerprint density at radius 1 is 0.437 bits per heavy atom. The van der Waals surface area contributed by atoms with Gasteiger partial charge in [-0.05, 0) is 238 Å². The molecule has 0 saturated carbocycles. The zero-order valence-electron chi connectivity index (χ0n) is 76.2. The first-order chi connectivity index (χ1) is 58.5. The van der Waals surface area contributed by atoms with Crippen LogP contribution in [0.2, 0.25) is 0 Å². The molecule has 8 aliphatic rings. The number of rotatable bonds is 30. The predicted octanol–water partition coefficient (Wildman–Crippen LogP) is 11.4. The van der Waals surface area contributed by atoms with Gasteiger partial charge in [0.25, 0.3) is 0 Å². The second-order valence-electron chi connectivity index (χ2n) is 35.8. The van der Waals surface area contributed by atoms with Crippen LogP contribution >= 0.6 is 0 Å². The van der Waals surface area contributed by atoms with Gasteiger partial charge in [-0.15, -0.1) is 0 Å². The lowest BCUT2D eigenvalue weighted by atomic mass is 9.68. The lowest BCUT2D eigenvalue weighted by Crippen LogP contribution is -3.00. The highest BCUT2D eigenvalue weighted by Gasteiger charge is 2.56. The molecule has 0 aromatic heterocycles. The van der Waals surface area contributed by atoms with Crippen molar-refractivity contribution in [2.75, 3.05) is 61.6 Å². The van der Waals surface area contributed by atoms with Crippen molar-refractivity contribution in [2.24, 2.45) is 21.7 Å². The van der Waals surface area contributed by atoms with Crippen LogP contribution in [0, 0.1) is 21.7 Å². The van der Waals surface area contributed by atoms with E-state index in [9.17, 15) is 43.2 Å². The van der Waals surface area contributed by atoms with Crippen LogP contribution in [0.25, 0.3) is 0 Å². The van der Waals surface area contributed by atoms with Gasteiger partial charge < -0.3 is 94.2 Å². The number of likely N-dealkylation sites (N-methyl/N-ethyl adjacent to an activating group) is 1. The lowest BCUT2D eigenvalue weighted by Gasteiger charge is -2.37. The van der Waals surface area contributed by atoms with Crippen molar-refractivity contribution in [3.63, 3.8) is 0 Å². The van der Waals surface area contributed by atoms with Crippen molar-refractivity contribution in [1.29, 1.82) is 0 Å². The lowest BCUT2D eigenvalue weighted by molar-refractivity contribution is -0.146. The van der Waals surface area contributed by atoms with Gasteiger partial charge >= 0.3 is 47.8 Å². The number of carbonyl (C=O) groups excluding carboxylic acids is 9. The van der Waals surface area contributed by atoms with Crippen LogP contribution in [0.4, 0.5) is 11.4 Å². The topological polar surface area (TPSA) is 288 Å². The number of benzene rings is 2. The monoisotopic (exact) mass is 1910 g/mol. The van der Waals surface area contributed by atoms with Crippen molar-refractivity contribution >= 4 is 65.4 Å². The number of quaternary nitrogens is 2. The Labute approximate surface area is 773 Å². The van der Waals surface area contributed by atoms with E-state index in [1.807, 2.05) is 92.8 Å². The number of hydrogen-bond donors (Lipinski definition) is 3. The fraction of sp³-hybridized carbons (Fsp3) is 0.461. The van der Waals surface area contributed by atoms with Crippen LogP contribution in [-0.4, -0.2) is 180 Å². The summed E-state index contributed by atoms with van der Waals surface area (Å²) < 4.78 is 46.3. The Morgan fingerprint density at radius 3 is 0.984 bits per heavy atom. The maximum absolute atomic E-state index is 13.0. The molecule has 126 heavy (non-hydrogen) atoms. The maximum Gasteiger partial charge on any atom is 0.338 e. The summed E-state index contributed by atoms with van der Waals surface area (Å²) >= 11 is 0. The van der Waals surface area contributed by atoms with Gasteiger partial charge in [0.1, 0.15) is 73.0 Å². The summed E-state index contributed by atoms with van der Waals surface area (Å²) in [4.78, 5) is 108. The van der Waals surface area contributed by atoms with Crippen LogP contribution in [0.1, 0.15) is 193 Å². The molecule has 4 aliphatic heterocycles. The minimum atomic E-state index is -0.623. The molecule has 4 aliphatic carbocycles. The minimum absolute atomic E-state index is 0. The van der Waals surface area contributed by atoms with Gasteiger partial charge in [0.15, 0.2) is 0 Å². The molecule has 684 valence electrons. The molecular weight excluding hydrogens is 1780 g/mol. The number of aliphatic hydroxyl groups excluding tert-OH is 3. The molecule has 4 saturated heterocycles. The average molecular weight is 1910 g/mol. The van der Waals surface area contributed by atoms with Crippen molar-refractivity contribution in [2.45, 2.75) is 221 Å². The minimum Gasteiger partial charge on any atom is -1.00 e. The molecule has 4 spiro atoms. The highest BCUT2D eigenvalue weighted by atomic mass is 127. The summed E-state index contributed by atoms with van der Waals surface area (Å²) in [5.41, 5.74) is 11.9. The normalized spacial score (nSPS) is 25.6. The SMILES string of the molecule is C=C1C=C[C@@H](OC(=O)c2ccc([N+](C)(C)C)cc2)CC12CC(=O)O[C@@H]2/C=C(\C)CCC=C(C)C.C=C1C=C[C@@H](OC(C)=O)CC12CC(=O)O[C@@H]2/C=C(\C)CC/C=C(/C=O)CO.C=C1C=C[C@@H](OC(C)=O)CC12CC(=O)O[C@@H]2/C=C(\C)CCC=C(CO)CO.C=CC[N+](C)(C)c1ccc(C(=O)O[C@@H]2C=CC(=C)C3(CC(=O)O[C@@H]3/C=C(\C)CCC=C(C)C)C2)cc1.[Br-].[I-]. The summed E-state index contributed by atoms with van der Waals surface area (Å²) in [6.07, 6.45) is 38.6. The first kappa shape index (κ1) is 107. The molecule has 10 rings (SSSR count). The molecule has 2 aromatic rings. The first-order valence-corrected chi connectivity index (χ1v) is 42.6. The molecule has 4 unspecified atom stereocenters. The first-order valence-electron chi connectivity index (χ1n) is 42.6. The maximum atomic E-state index is 13.0. The van der Waals surface area contributed by atoms with E-state index < -0.39 is 70.5 Å². The fourth-order valence-electron chi connectivity index (χ4n) is 16.6. The summed E-state index contributed by atoms with van der Waals surface area (Å²) in [7, 11) is 10.4. The molecule has 12 atom stereocenters. The highest BCUT2D eigenvalue weighted by molar-refractivity contribution is 5.91. The second kappa shape index (κ2) is 48.6. The van der Waals surface area contributed by atoms with E-state index in [0.717, 1.165) is 77.0 Å². The van der Waals surface area contributed by atoms with E-state index in [2.05, 4.69) is 134 Å². The van der Waals surface area contributed by atoms with Gasteiger partial charge in [-0.3, -0.25) is 42.5 Å². The molecule has 0 radical (unpaired) electrons. The molecule has 22 nitrogen and oxygen atoms in total. The Bertz CT molecular complexity index is 4710. The van der Waals surface area contributed by atoms with Gasteiger partial charge in [0, 0.05) is 66.8 Å². The van der Waals surface area contributed by atoms with E-state index in [1.54, 1.807) is 48.6 Å². The molecule has 24 heteroatoms. The number of ether oxygens (including phenoxy) is 8. The second-order valence-corrected chi connectivity index (χ2v) is 35.8. The van der Waals surface area contributed by atoms with Crippen LogP contribution < -0.4 is 49.9 Å². The number of aliphatic hydroxyl groups is 3. The summed E-state index contributed by atoms with van der Waals surface area (Å²) in [6, 6.07) is 15.0. The Hall–Kier alpha value is -9.54. The zero-order valence-corrected chi connectivity index (χ0v) is 80.0. The summed E-state index contributed by atoms with van der Waals surface area (Å²) in [6.45, 7) is 39.8. The molecule has 4 heterocycles. The van der Waals surface area contributed by atoms with Gasteiger partial charge in [0.2, 0.25) is 0 Å². The van der Waals surface area contributed by atoms with E-state index in [1.165, 1.54) is 36.1 Å². The Balaban J connectivity index is 0.000000299. The third kappa shape index (κ3) is 29.8. The number of aldehydes is 1. The smallest absolute Gasteiger partial charge is 0.338 e. The molecule has 3 N–H and O–H groups in total. The quantitative estimate of drug-likeness (QED) is 0.0125. The number of hydrogen-bond acceptors (Lipinski definition) is 20. The van der Waals surface area contributed by atoms with Crippen molar-refractivity contribution in [1.82, 2.24) is 8.97 Å². The number of esters is 8. The molecular formula is C102H132BrIN2O20. The van der Waals surface area contributed by atoms with Crippen LogP contribution in [0.3, 0.4) is 0 Å². The number of cyclic esters (lactones) is 4. The van der Waals surface area contributed by atoms with Crippen LogP contribution in [0.5, 0.6) is 0 Å². The summed E-state index contributed by atoms with van der Waals surface area (Å²) in [5.74, 6) is -2.57.